The molecular weight excluding hydrogens is 256 g/mol. The van der Waals surface area contributed by atoms with Crippen LogP contribution in [0.4, 0.5) is 8.78 Å². The first-order chi connectivity index (χ1) is 8.56. The van der Waals surface area contributed by atoms with Crippen molar-refractivity contribution in [2.24, 2.45) is 0 Å². The molecule has 5 heteroatoms. The highest BCUT2D eigenvalue weighted by atomic mass is 32.2. The number of halogens is 2. The minimum atomic E-state index is -0.907. The Hall–Kier alpha value is -0.810. The summed E-state index contributed by atoms with van der Waals surface area (Å²) in [5, 5.41) is 12.2. The molecule has 0 aromatic heterocycles. The van der Waals surface area contributed by atoms with Gasteiger partial charge in [0.2, 0.25) is 0 Å². The summed E-state index contributed by atoms with van der Waals surface area (Å²) in [6, 6.07) is 2.33. The molecule has 18 heavy (non-hydrogen) atoms. The monoisotopic (exact) mass is 273 g/mol. The lowest BCUT2D eigenvalue weighted by atomic mass is 9.84. The summed E-state index contributed by atoms with van der Waals surface area (Å²) in [5.41, 5.74) is 0.512. The highest BCUT2D eigenvalue weighted by Gasteiger charge is 2.35. The van der Waals surface area contributed by atoms with E-state index in [-0.39, 0.29) is 0 Å². The van der Waals surface area contributed by atoms with Crippen LogP contribution in [0.5, 0.6) is 5.75 Å². The topological polar surface area (TPSA) is 32.3 Å². The van der Waals surface area contributed by atoms with Gasteiger partial charge in [-0.1, -0.05) is 6.42 Å². The van der Waals surface area contributed by atoms with E-state index in [4.69, 9.17) is 5.11 Å². The van der Waals surface area contributed by atoms with Gasteiger partial charge in [-0.05, 0) is 36.8 Å². The quantitative estimate of drug-likeness (QED) is 0.865. The number of hydrogen-bond donors (Lipinski definition) is 2. The van der Waals surface area contributed by atoms with Crippen LogP contribution in [0, 0.1) is 11.6 Å². The van der Waals surface area contributed by atoms with Crippen LogP contribution >= 0.6 is 11.8 Å². The molecule has 1 aromatic carbocycles. The first kappa shape index (κ1) is 13.6. The van der Waals surface area contributed by atoms with Gasteiger partial charge in [-0.15, -0.1) is 0 Å². The van der Waals surface area contributed by atoms with E-state index in [9.17, 15) is 8.78 Å². The van der Waals surface area contributed by atoms with Gasteiger partial charge < -0.3 is 10.4 Å². The van der Waals surface area contributed by atoms with E-state index in [0.717, 1.165) is 18.7 Å². The van der Waals surface area contributed by atoms with Crippen molar-refractivity contribution >= 4 is 11.8 Å². The van der Waals surface area contributed by atoms with Gasteiger partial charge in [-0.3, -0.25) is 0 Å². The Bertz CT molecular complexity index is 406. The zero-order chi connectivity index (χ0) is 13.2. The minimum Gasteiger partial charge on any atom is -0.503 e. The third kappa shape index (κ3) is 2.78. The molecule has 0 spiro atoms. The number of phenols is 1. The first-order valence-corrected chi connectivity index (χ1v) is 7.21. The van der Waals surface area contributed by atoms with Gasteiger partial charge in [0.05, 0.1) is 0 Å². The molecule has 1 aliphatic carbocycles. The Morgan fingerprint density at radius 2 is 1.94 bits per heavy atom. The van der Waals surface area contributed by atoms with Crippen molar-refractivity contribution < 1.29 is 13.9 Å². The highest BCUT2D eigenvalue weighted by molar-refractivity contribution is 8.00. The Kier molecular flexibility index (Phi) is 4.12. The molecule has 0 amide bonds. The number of benzene rings is 1. The number of hydrogen-bond acceptors (Lipinski definition) is 3. The molecular formula is C13H17F2NOS. The van der Waals surface area contributed by atoms with Crippen molar-refractivity contribution in [2.75, 3.05) is 12.8 Å². The second kappa shape index (κ2) is 5.45. The average Bonchev–Trinajstić information content (AvgIpc) is 2.29. The SMILES string of the molecule is CSC1(CNCc2cc(F)c(O)c(F)c2)CCC1. The maximum absolute atomic E-state index is 13.1. The van der Waals surface area contributed by atoms with Crippen LogP contribution in [-0.4, -0.2) is 22.7 Å². The molecule has 0 atom stereocenters. The molecule has 1 saturated carbocycles. The van der Waals surface area contributed by atoms with Gasteiger partial charge in [0, 0.05) is 17.8 Å². The van der Waals surface area contributed by atoms with E-state index < -0.39 is 17.4 Å². The van der Waals surface area contributed by atoms with Crippen LogP contribution < -0.4 is 5.32 Å². The fourth-order valence-electron chi connectivity index (χ4n) is 2.18. The standard InChI is InChI=1S/C13H17F2NOS/c1-18-13(3-2-4-13)8-16-7-9-5-10(14)12(17)11(15)6-9/h5-6,16-17H,2-4,7-8H2,1H3. The lowest BCUT2D eigenvalue weighted by molar-refractivity contribution is 0.345. The molecule has 1 aromatic rings. The van der Waals surface area contributed by atoms with Gasteiger partial charge in [-0.25, -0.2) is 8.78 Å². The third-order valence-electron chi connectivity index (χ3n) is 3.55. The third-order valence-corrected chi connectivity index (χ3v) is 4.97. The molecule has 0 unspecified atom stereocenters. The lowest BCUT2D eigenvalue weighted by Gasteiger charge is -2.40. The van der Waals surface area contributed by atoms with Gasteiger partial charge in [0.25, 0.3) is 0 Å². The van der Waals surface area contributed by atoms with Gasteiger partial charge in [-0.2, -0.15) is 11.8 Å². The maximum atomic E-state index is 13.1. The van der Waals surface area contributed by atoms with Crippen molar-refractivity contribution in [2.45, 2.75) is 30.6 Å². The number of thioether (sulfide) groups is 1. The molecule has 1 aliphatic rings. The molecule has 0 saturated heterocycles. The number of nitrogens with one attached hydrogen (secondary N) is 1. The van der Waals surface area contributed by atoms with Crippen molar-refractivity contribution in [1.29, 1.82) is 0 Å². The molecule has 0 heterocycles. The summed E-state index contributed by atoms with van der Waals surface area (Å²) < 4.78 is 26.5. The molecule has 2 nitrogen and oxygen atoms in total. The lowest BCUT2D eigenvalue weighted by Crippen LogP contribution is -2.43. The average molecular weight is 273 g/mol. The van der Waals surface area contributed by atoms with E-state index >= 15 is 0 Å². The van der Waals surface area contributed by atoms with Crippen LogP contribution in [0.2, 0.25) is 0 Å². The first-order valence-electron chi connectivity index (χ1n) is 5.99. The van der Waals surface area contributed by atoms with Crippen LogP contribution in [0.25, 0.3) is 0 Å². The van der Waals surface area contributed by atoms with E-state index in [1.165, 1.54) is 19.3 Å². The number of phenolic OH excluding ortho intramolecular Hbond substituents is 1. The molecule has 2 rings (SSSR count). The molecule has 2 N–H and O–H groups in total. The van der Waals surface area contributed by atoms with Gasteiger partial charge in [0.1, 0.15) is 0 Å². The normalized spacial score (nSPS) is 17.5. The summed E-state index contributed by atoms with van der Waals surface area (Å²) in [4.78, 5) is 0. The highest BCUT2D eigenvalue weighted by Crippen LogP contribution is 2.42. The summed E-state index contributed by atoms with van der Waals surface area (Å²) >= 11 is 1.85. The molecule has 100 valence electrons. The Labute approximate surface area is 110 Å². The molecule has 0 aliphatic heterocycles. The molecule has 0 radical (unpaired) electrons. The second-order valence-corrected chi connectivity index (χ2v) is 6.03. The maximum Gasteiger partial charge on any atom is 0.187 e. The van der Waals surface area contributed by atoms with Crippen LogP contribution in [0.15, 0.2) is 12.1 Å². The Balaban J connectivity index is 1.90. The second-order valence-electron chi connectivity index (χ2n) is 4.75. The minimum absolute atomic E-state index is 0.300. The van der Waals surface area contributed by atoms with E-state index in [1.54, 1.807) is 0 Å². The van der Waals surface area contributed by atoms with Crippen LogP contribution in [0.1, 0.15) is 24.8 Å². The fraction of sp³-hybridized carbons (Fsp3) is 0.538. The summed E-state index contributed by atoms with van der Waals surface area (Å²) in [5.74, 6) is -2.72. The van der Waals surface area contributed by atoms with E-state index in [0.29, 0.717) is 16.9 Å². The van der Waals surface area contributed by atoms with Crippen molar-refractivity contribution in [3.63, 3.8) is 0 Å². The smallest absolute Gasteiger partial charge is 0.187 e. The van der Waals surface area contributed by atoms with Crippen LogP contribution in [-0.2, 0) is 6.54 Å². The Morgan fingerprint density at radius 1 is 1.33 bits per heavy atom. The number of aromatic hydroxyl groups is 1. The summed E-state index contributed by atoms with van der Waals surface area (Å²) in [6.07, 6.45) is 5.74. The Morgan fingerprint density at radius 3 is 2.39 bits per heavy atom. The largest absolute Gasteiger partial charge is 0.503 e. The van der Waals surface area contributed by atoms with Crippen molar-refractivity contribution in [1.82, 2.24) is 5.32 Å². The summed E-state index contributed by atoms with van der Waals surface area (Å²) in [7, 11) is 0. The van der Waals surface area contributed by atoms with Gasteiger partial charge >= 0.3 is 0 Å². The fourth-order valence-corrected chi connectivity index (χ4v) is 3.12. The van der Waals surface area contributed by atoms with Crippen molar-refractivity contribution in [3.05, 3.63) is 29.3 Å². The predicted molar refractivity (Wildman–Crippen MR) is 69.8 cm³/mol. The zero-order valence-corrected chi connectivity index (χ0v) is 11.1. The van der Waals surface area contributed by atoms with E-state index in [2.05, 4.69) is 11.6 Å². The van der Waals surface area contributed by atoms with Gasteiger partial charge in [0.15, 0.2) is 17.4 Å². The van der Waals surface area contributed by atoms with E-state index in [1.807, 2.05) is 11.8 Å². The van der Waals surface area contributed by atoms with Crippen LogP contribution in [0.3, 0.4) is 0 Å². The summed E-state index contributed by atoms with van der Waals surface area (Å²) in [6.45, 7) is 1.26. The molecule has 1 fully saturated rings. The van der Waals surface area contributed by atoms with Crippen molar-refractivity contribution in [3.8, 4) is 5.75 Å². The number of rotatable bonds is 5. The predicted octanol–water partition coefficient (Wildman–Crippen LogP) is 3.05. The molecule has 0 bridgehead atoms. The zero-order valence-electron chi connectivity index (χ0n) is 10.3.